The average Bonchev–Trinajstić information content (AvgIpc) is 3.36. The molecule has 0 saturated carbocycles. The van der Waals surface area contributed by atoms with E-state index in [1.54, 1.807) is 46.2 Å². The molecule has 1 spiro atoms. The first-order valence-electron chi connectivity index (χ1n) is 10.2. The van der Waals surface area contributed by atoms with E-state index in [1.807, 2.05) is 36.4 Å². The van der Waals surface area contributed by atoms with Crippen molar-refractivity contribution in [3.05, 3.63) is 100 Å². The predicted octanol–water partition coefficient (Wildman–Crippen LogP) is 4.80. The zero-order valence-electron chi connectivity index (χ0n) is 17.0. The molecule has 1 fully saturated rings. The zero-order chi connectivity index (χ0) is 22.3. The Balaban J connectivity index is 1.60. The number of halogens is 1. The Bertz CT molecular complexity index is 1270. The molecule has 0 unspecified atom stereocenters. The molecular formula is C25H18ClN3O2S. The topological polar surface area (TPSA) is 64.4 Å². The third-order valence-electron chi connectivity index (χ3n) is 5.82. The van der Waals surface area contributed by atoms with Gasteiger partial charge in [-0.15, -0.1) is 11.8 Å². The summed E-state index contributed by atoms with van der Waals surface area (Å²) in [5, 5.41) is 9.76. The van der Waals surface area contributed by atoms with Gasteiger partial charge in [0, 0.05) is 28.4 Å². The number of fused-ring (bicyclic) bond motifs is 2. The van der Waals surface area contributed by atoms with Crippen LogP contribution >= 0.6 is 23.4 Å². The van der Waals surface area contributed by atoms with E-state index in [2.05, 4.69) is 6.07 Å². The number of benzene rings is 3. The first kappa shape index (κ1) is 20.6. The second-order valence-electron chi connectivity index (χ2n) is 7.68. The lowest BCUT2D eigenvalue weighted by Gasteiger charge is -2.33. The Labute approximate surface area is 195 Å². The molecule has 5 nitrogen and oxygen atoms in total. The van der Waals surface area contributed by atoms with Crippen LogP contribution in [0.3, 0.4) is 0 Å². The standard InChI is InChI=1S/C25H18ClN3O2S/c26-20-9-10-22-21(14-20)25(24(31)28(22)16-18-6-4-5-17(13-18)15-27)29(11-12-32-25)23(30)19-7-2-1-3-8-19/h1-10,13-14H,11-12,16H2/t25-/m1/s1. The number of carbonyl (C=O) groups is 2. The number of carbonyl (C=O) groups excluding carboxylic acids is 2. The molecular weight excluding hydrogens is 442 g/mol. The van der Waals surface area contributed by atoms with E-state index < -0.39 is 4.87 Å². The lowest BCUT2D eigenvalue weighted by molar-refractivity contribution is -0.123. The van der Waals surface area contributed by atoms with E-state index in [4.69, 9.17) is 11.6 Å². The number of nitrogens with zero attached hydrogens (tertiary/aromatic N) is 3. The van der Waals surface area contributed by atoms with Crippen LogP contribution in [0.4, 0.5) is 5.69 Å². The van der Waals surface area contributed by atoms with Gasteiger partial charge in [0.15, 0.2) is 4.87 Å². The highest BCUT2D eigenvalue weighted by Gasteiger charge is 2.59. The van der Waals surface area contributed by atoms with Gasteiger partial charge in [-0.2, -0.15) is 5.26 Å². The molecule has 158 valence electrons. The molecule has 7 heteroatoms. The van der Waals surface area contributed by atoms with Crippen LogP contribution in [0.5, 0.6) is 0 Å². The number of amides is 2. The average molecular weight is 460 g/mol. The largest absolute Gasteiger partial charge is 0.311 e. The summed E-state index contributed by atoms with van der Waals surface area (Å²) in [6, 6.07) is 23.8. The van der Waals surface area contributed by atoms with Gasteiger partial charge in [0.25, 0.3) is 11.8 Å². The Morgan fingerprint density at radius 1 is 1.09 bits per heavy atom. The maximum absolute atomic E-state index is 14.0. The zero-order valence-corrected chi connectivity index (χ0v) is 18.6. The summed E-state index contributed by atoms with van der Waals surface area (Å²) in [6.07, 6.45) is 0. The summed E-state index contributed by atoms with van der Waals surface area (Å²) >= 11 is 7.81. The van der Waals surface area contributed by atoms with Crippen molar-refractivity contribution in [2.24, 2.45) is 0 Å². The molecule has 0 aromatic heterocycles. The van der Waals surface area contributed by atoms with E-state index >= 15 is 0 Å². The number of thioether (sulfide) groups is 1. The van der Waals surface area contributed by atoms with Crippen LogP contribution in [0.2, 0.25) is 5.02 Å². The van der Waals surface area contributed by atoms with Crippen molar-refractivity contribution in [2.45, 2.75) is 11.4 Å². The maximum Gasteiger partial charge on any atom is 0.268 e. The summed E-state index contributed by atoms with van der Waals surface area (Å²) in [7, 11) is 0. The van der Waals surface area contributed by atoms with Gasteiger partial charge in [-0.3, -0.25) is 9.59 Å². The SMILES string of the molecule is N#Cc1cccc(CN2C(=O)[C@]3(SCCN3C(=O)c3ccccc3)c3cc(Cl)ccc32)c1. The third kappa shape index (κ3) is 3.17. The highest BCUT2D eigenvalue weighted by molar-refractivity contribution is 8.01. The van der Waals surface area contributed by atoms with Crippen LogP contribution in [0, 0.1) is 11.3 Å². The van der Waals surface area contributed by atoms with Crippen molar-refractivity contribution < 1.29 is 9.59 Å². The van der Waals surface area contributed by atoms with Crippen LogP contribution in [0.25, 0.3) is 0 Å². The van der Waals surface area contributed by atoms with Crippen LogP contribution in [-0.2, 0) is 16.2 Å². The molecule has 2 amide bonds. The minimum atomic E-state index is -1.15. The second kappa shape index (κ2) is 8.01. The third-order valence-corrected chi connectivity index (χ3v) is 7.47. The number of hydrogen-bond donors (Lipinski definition) is 0. The lowest BCUT2D eigenvalue weighted by atomic mass is 10.0. The van der Waals surface area contributed by atoms with Crippen molar-refractivity contribution in [1.82, 2.24) is 4.90 Å². The van der Waals surface area contributed by atoms with E-state index in [0.29, 0.717) is 35.0 Å². The molecule has 5 rings (SSSR count). The Morgan fingerprint density at radius 3 is 2.69 bits per heavy atom. The van der Waals surface area contributed by atoms with Crippen LogP contribution in [-0.4, -0.2) is 29.0 Å². The fourth-order valence-corrected chi connectivity index (χ4v) is 6.03. The normalized spacial score (nSPS) is 19.3. The maximum atomic E-state index is 14.0. The fraction of sp³-hybridized carbons (Fsp3) is 0.160. The first-order valence-corrected chi connectivity index (χ1v) is 11.5. The summed E-state index contributed by atoms with van der Waals surface area (Å²) < 4.78 is 0. The van der Waals surface area contributed by atoms with Crippen LogP contribution in [0.15, 0.2) is 72.8 Å². The van der Waals surface area contributed by atoms with Gasteiger partial charge >= 0.3 is 0 Å². The van der Waals surface area contributed by atoms with E-state index in [0.717, 1.165) is 16.8 Å². The van der Waals surface area contributed by atoms with E-state index in [1.165, 1.54) is 11.8 Å². The Hall–Kier alpha value is -3.27. The highest BCUT2D eigenvalue weighted by atomic mass is 35.5. The van der Waals surface area contributed by atoms with Gasteiger partial charge in [-0.25, -0.2) is 0 Å². The van der Waals surface area contributed by atoms with Gasteiger partial charge in [-0.1, -0.05) is 41.9 Å². The van der Waals surface area contributed by atoms with Crippen molar-refractivity contribution in [1.29, 1.82) is 5.26 Å². The number of anilines is 1. The Morgan fingerprint density at radius 2 is 1.91 bits per heavy atom. The monoisotopic (exact) mass is 459 g/mol. The molecule has 0 radical (unpaired) electrons. The highest BCUT2D eigenvalue weighted by Crippen LogP contribution is 2.55. The van der Waals surface area contributed by atoms with Crippen molar-refractivity contribution in [2.75, 3.05) is 17.2 Å². The van der Waals surface area contributed by atoms with E-state index in [-0.39, 0.29) is 11.8 Å². The summed E-state index contributed by atoms with van der Waals surface area (Å²) in [4.78, 5) is 29.7. The van der Waals surface area contributed by atoms with Crippen LogP contribution < -0.4 is 4.90 Å². The smallest absolute Gasteiger partial charge is 0.268 e. The number of nitriles is 1. The lowest BCUT2D eigenvalue weighted by Crippen LogP contribution is -2.50. The summed E-state index contributed by atoms with van der Waals surface area (Å²) in [6.45, 7) is 0.770. The van der Waals surface area contributed by atoms with Gasteiger partial charge in [-0.05, 0) is 48.0 Å². The van der Waals surface area contributed by atoms with Crippen molar-refractivity contribution >= 4 is 40.9 Å². The van der Waals surface area contributed by atoms with Crippen molar-refractivity contribution in [3.63, 3.8) is 0 Å². The molecule has 1 atom stereocenters. The van der Waals surface area contributed by atoms with Crippen molar-refractivity contribution in [3.8, 4) is 6.07 Å². The Kier molecular flexibility index (Phi) is 5.16. The molecule has 0 N–H and O–H groups in total. The molecule has 3 aromatic rings. The molecule has 2 aliphatic heterocycles. The molecule has 2 aliphatic rings. The molecule has 2 heterocycles. The van der Waals surface area contributed by atoms with Gasteiger partial charge < -0.3 is 9.80 Å². The van der Waals surface area contributed by atoms with Gasteiger partial charge in [0.05, 0.1) is 23.9 Å². The van der Waals surface area contributed by atoms with E-state index in [9.17, 15) is 14.9 Å². The van der Waals surface area contributed by atoms with Crippen LogP contribution in [0.1, 0.15) is 27.0 Å². The quantitative estimate of drug-likeness (QED) is 0.564. The number of hydrogen-bond acceptors (Lipinski definition) is 4. The molecule has 3 aromatic carbocycles. The molecule has 0 aliphatic carbocycles. The first-order chi connectivity index (χ1) is 15.5. The minimum absolute atomic E-state index is 0.163. The fourth-order valence-electron chi connectivity index (χ4n) is 4.40. The minimum Gasteiger partial charge on any atom is -0.311 e. The summed E-state index contributed by atoms with van der Waals surface area (Å²) in [5.41, 5.74) is 3.40. The predicted molar refractivity (Wildman–Crippen MR) is 125 cm³/mol. The second-order valence-corrected chi connectivity index (χ2v) is 9.40. The summed E-state index contributed by atoms with van der Waals surface area (Å²) in [5.74, 6) is 0.306. The molecule has 1 saturated heterocycles. The van der Waals surface area contributed by atoms with Gasteiger partial charge in [0.2, 0.25) is 0 Å². The number of rotatable bonds is 3. The molecule has 0 bridgehead atoms. The molecule has 32 heavy (non-hydrogen) atoms. The van der Waals surface area contributed by atoms with Gasteiger partial charge in [0.1, 0.15) is 0 Å².